The van der Waals surface area contributed by atoms with Crippen LogP contribution in [0.25, 0.3) is 0 Å². The summed E-state index contributed by atoms with van der Waals surface area (Å²) in [4.78, 5) is 0. The topological polar surface area (TPSA) is 47.9 Å². The number of aliphatic hydroxyl groups excluding tert-OH is 1. The Labute approximate surface area is 94.8 Å². The van der Waals surface area contributed by atoms with Crippen LogP contribution in [0.3, 0.4) is 0 Å². The molecule has 4 nitrogen and oxygen atoms in total. The Morgan fingerprint density at radius 1 is 1.31 bits per heavy atom. The van der Waals surface area contributed by atoms with E-state index < -0.39 is 6.10 Å². The second-order valence-electron chi connectivity index (χ2n) is 3.74. The monoisotopic (exact) mass is 224 g/mol. The fourth-order valence-electron chi connectivity index (χ4n) is 1.96. The summed E-state index contributed by atoms with van der Waals surface area (Å²) in [5.41, 5.74) is 1.85. The van der Waals surface area contributed by atoms with Crippen LogP contribution in [0.1, 0.15) is 17.2 Å². The fraction of sp³-hybridized carbons (Fsp3) is 0.500. The second kappa shape index (κ2) is 4.72. The van der Waals surface area contributed by atoms with Gasteiger partial charge < -0.3 is 19.3 Å². The quantitative estimate of drug-likeness (QED) is 0.822. The first-order valence-electron chi connectivity index (χ1n) is 5.27. The molecule has 0 saturated heterocycles. The number of benzene rings is 1. The molecule has 0 saturated carbocycles. The van der Waals surface area contributed by atoms with Crippen LogP contribution in [-0.2, 0) is 11.2 Å². The summed E-state index contributed by atoms with van der Waals surface area (Å²) in [5.74, 6) is 1.44. The van der Waals surface area contributed by atoms with Crippen molar-refractivity contribution in [1.82, 2.24) is 0 Å². The van der Waals surface area contributed by atoms with E-state index in [0.717, 1.165) is 23.3 Å². The summed E-state index contributed by atoms with van der Waals surface area (Å²) in [6, 6.07) is 3.67. The van der Waals surface area contributed by atoms with Crippen molar-refractivity contribution in [2.75, 3.05) is 27.4 Å². The molecule has 0 bridgehead atoms. The van der Waals surface area contributed by atoms with Gasteiger partial charge in [0.15, 0.2) is 0 Å². The number of fused-ring (bicyclic) bond motifs is 1. The van der Waals surface area contributed by atoms with Crippen LogP contribution in [0.4, 0.5) is 0 Å². The van der Waals surface area contributed by atoms with Crippen molar-refractivity contribution < 1.29 is 19.3 Å². The summed E-state index contributed by atoms with van der Waals surface area (Å²) in [7, 11) is 3.22. The van der Waals surface area contributed by atoms with E-state index in [2.05, 4.69) is 0 Å². The van der Waals surface area contributed by atoms with Crippen LogP contribution >= 0.6 is 0 Å². The van der Waals surface area contributed by atoms with Crippen LogP contribution in [0.2, 0.25) is 0 Å². The van der Waals surface area contributed by atoms with Gasteiger partial charge in [-0.05, 0) is 18.1 Å². The summed E-state index contributed by atoms with van der Waals surface area (Å²) >= 11 is 0. The van der Waals surface area contributed by atoms with Crippen LogP contribution in [0, 0.1) is 0 Å². The molecule has 1 aliphatic heterocycles. The number of hydrogen-bond acceptors (Lipinski definition) is 4. The first-order valence-corrected chi connectivity index (χ1v) is 5.27. The molecule has 0 spiro atoms. The van der Waals surface area contributed by atoms with E-state index in [1.54, 1.807) is 14.2 Å². The van der Waals surface area contributed by atoms with E-state index in [9.17, 15) is 5.11 Å². The molecule has 1 atom stereocenters. The van der Waals surface area contributed by atoms with Crippen molar-refractivity contribution in [1.29, 1.82) is 0 Å². The molecule has 0 radical (unpaired) electrons. The van der Waals surface area contributed by atoms with Gasteiger partial charge in [0, 0.05) is 11.6 Å². The Hall–Kier alpha value is -1.26. The van der Waals surface area contributed by atoms with Gasteiger partial charge in [0.25, 0.3) is 0 Å². The molecule has 0 aromatic heterocycles. The molecule has 1 heterocycles. The Morgan fingerprint density at radius 2 is 2.12 bits per heavy atom. The Kier molecular flexibility index (Phi) is 3.31. The van der Waals surface area contributed by atoms with Crippen LogP contribution < -0.4 is 9.47 Å². The first kappa shape index (κ1) is 11.2. The molecule has 88 valence electrons. The largest absolute Gasteiger partial charge is 0.497 e. The highest BCUT2D eigenvalue weighted by Crippen LogP contribution is 2.34. The lowest BCUT2D eigenvalue weighted by atomic mass is 9.99. The maximum Gasteiger partial charge on any atom is 0.126 e. The molecule has 1 aromatic rings. The maximum atomic E-state index is 9.95. The van der Waals surface area contributed by atoms with Gasteiger partial charge in [-0.3, -0.25) is 0 Å². The summed E-state index contributed by atoms with van der Waals surface area (Å²) in [5, 5.41) is 9.95. The molecule has 1 aliphatic rings. The van der Waals surface area contributed by atoms with E-state index in [1.807, 2.05) is 12.1 Å². The third-order valence-electron chi connectivity index (χ3n) is 2.80. The van der Waals surface area contributed by atoms with Gasteiger partial charge in [-0.15, -0.1) is 0 Å². The van der Waals surface area contributed by atoms with E-state index in [4.69, 9.17) is 14.2 Å². The molecular formula is C12H16O4. The standard InChI is InChI=1S/C12H16O4/c1-14-8-5-10-9(12(6-8)15-2)3-4-16-7-11(10)13/h5-6,11,13H,3-4,7H2,1-2H3. The smallest absolute Gasteiger partial charge is 0.126 e. The molecule has 0 amide bonds. The highest BCUT2D eigenvalue weighted by molar-refractivity contribution is 5.48. The predicted molar refractivity (Wildman–Crippen MR) is 59.0 cm³/mol. The Morgan fingerprint density at radius 3 is 2.81 bits per heavy atom. The molecule has 0 aliphatic carbocycles. The maximum absolute atomic E-state index is 9.95. The predicted octanol–water partition coefficient (Wildman–Crippen LogP) is 1.31. The second-order valence-corrected chi connectivity index (χ2v) is 3.74. The van der Waals surface area contributed by atoms with Crippen molar-refractivity contribution in [3.8, 4) is 11.5 Å². The summed E-state index contributed by atoms with van der Waals surface area (Å²) in [6.07, 6.45) is 0.140. The molecule has 1 aromatic carbocycles. The number of hydrogen-bond donors (Lipinski definition) is 1. The van der Waals surface area contributed by atoms with Crippen molar-refractivity contribution in [3.63, 3.8) is 0 Å². The first-order chi connectivity index (χ1) is 7.76. The number of ether oxygens (including phenoxy) is 3. The summed E-state index contributed by atoms with van der Waals surface area (Å²) < 4.78 is 15.8. The number of methoxy groups -OCH3 is 2. The normalized spacial score (nSPS) is 19.8. The molecule has 1 N–H and O–H groups in total. The Balaban J connectivity index is 2.51. The van der Waals surface area contributed by atoms with Gasteiger partial charge in [-0.1, -0.05) is 0 Å². The lowest BCUT2D eigenvalue weighted by Crippen LogP contribution is -2.06. The molecule has 4 heteroatoms. The average molecular weight is 224 g/mol. The van der Waals surface area contributed by atoms with Gasteiger partial charge in [0.1, 0.15) is 17.6 Å². The van der Waals surface area contributed by atoms with Gasteiger partial charge in [-0.2, -0.15) is 0 Å². The van der Waals surface area contributed by atoms with E-state index in [1.165, 1.54) is 0 Å². The minimum absolute atomic E-state index is 0.323. The average Bonchev–Trinajstić information content (AvgIpc) is 2.50. The minimum atomic E-state index is -0.610. The fourth-order valence-corrected chi connectivity index (χ4v) is 1.96. The van der Waals surface area contributed by atoms with Crippen molar-refractivity contribution in [2.24, 2.45) is 0 Å². The number of aliphatic hydroxyl groups is 1. The van der Waals surface area contributed by atoms with Crippen molar-refractivity contribution >= 4 is 0 Å². The Bertz CT molecular complexity index is 376. The molecule has 1 unspecified atom stereocenters. The third-order valence-corrected chi connectivity index (χ3v) is 2.80. The lowest BCUT2D eigenvalue weighted by Gasteiger charge is -2.15. The highest BCUT2D eigenvalue weighted by atomic mass is 16.5. The van der Waals surface area contributed by atoms with Gasteiger partial charge in [-0.25, -0.2) is 0 Å². The summed E-state index contributed by atoms with van der Waals surface area (Å²) in [6.45, 7) is 0.927. The van der Waals surface area contributed by atoms with E-state index >= 15 is 0 Å². The van der Waals surface area contributed by atoms with Gasteiger partial charge in [0.05, 0.1) is 27.4 Å². The molecule has 0 fully saturated rings. The van der Waals surface area contributed by atoms with Crippen molar-refractivity contribution in [3.05, 3.63) is 23.3 Å². The van der Waals surface area contributed by atoms with Crippen molar-refractivity contribution in [2.45, 2.75) is 12.5 Å². The number of rotatable bonds is 2. The zero-order valence-electron chi connectivity index (χ0n) is 9.53. The van der Waals surface area contributed by atoms with Crippen LogP contribution in [0.15, 0.2) is 12.1 Å². The van der Waals surface area contributed by atoms with E-state index in [-0.39, 0.29) is 0 Å². The lowest BCUT2D eigenvalue weighted by molar-refractivity contribution is 0.0451. The van der Waals surface area contributed by atoms with Gasteiger partial charge >= 0.3 is 0 Å². The zero-order chi connectivity index (χ0) is 11.5. The molecular weight excluding hydrogens is 208 g/mol. The zero-order valence-corrected chi connectivity index (χ0v) is 9.53. The van der Waals surface area contributed by atoms with Gasteiger partial charge in [0.2, 0.25) is 0 Å². The molecule has 2 rings (SSSR count). The third kappa shape index (κ3) is 1.99. The van der Waals surface area contributed by atoms with Crippen LogP contribution in [0.5, 0.6) is 11.5 Å². The molecule has 16 heavy (non-hydrogen) atoms. The SMILES string of the molecule is COc1cc(OC)c2c(c1)C(O)COCC2. The van der Waals surface area contributed by atoms with Crippen LogP contribution in [-0.4, -0.2) is 32.5 Å². The van der Waals surface area contributed by atoms with E-state index in [0.29, 0.717) is 19.0 Å². The minimum Gasteiger partial charge on any atom is -0.497 e. The highest BCUT2D eigenvalue weighted by Gasteiger charge is 2.21.